The van der Waals surface area contributed by atoms with Crippen LogP contribution in [0.15, 0.2) is 48.5 Å². The van der Waals surface area contributed by atoms with Crippen molar-refractivity contribution in [3.8, 4) is 0 Å². The number of nitrogens with zero attached hydrogens (tertiary/aromatic N) is 1. The fraction of sp³-hybridized carbons (Fsp3) is 0.350. The number of carbonyl (C=O) groups is 1. The molecule has 0 aliphatic rings. The molecule has 5 nitrogen and oxygen atoms in total. The van der Waals surface area contributed by atoms with Gasteiger partial charge < -0.3 is 4.90 Å². The average Bonchev–Trinajstić information content (AvgIpc) is 2.59. The van der Waals surface area contributed by atoms with Crippen molar-refractivity contribution in [2.75, 3.05) is 23.7 Å². The van der Waals surface area contributed by atoms with Crippen LogP contribution in [0.1, 0.15) is 23.6 Å². The average molecular weight is 375 g/mol. The van der Waals surface area contributed by atoms with Gasteiger partial charge in [0.2, 0.25) is 15.9 Å². The van der Waals surface area contributed by atoms with Crippen LogP contribution in [0.2, 0.25) is 0 Å². The summed E-state index contributed by atoms with van der Waals surface area (Å²) in [6.45, 7) is 5.87. The molecule has 26 heavy (non-hydrogen) atoms. The molecular weight excluding hydrogens is 348 g/mol. The van der Waals surface area contributed by atoms with Crippen molar-refractivity contribution >= 4 is 21.6 Å². The second-order valence-electron chi connectivity index (χ2n) is 6.36. The zero-order valence-corrected chi connectivity index (χ0v) is 16.3. The van der Waals surface area contributed by atoms with Gasteiger partial charge in [0.25, 0.3) is 0 Å². The largest absolute Gasteiger partial charge is 0.311 e. The summed E-state index contributed by atoms with van der Waals surface area (Å²) in [6, 6.07) is 15.3. The van der Waals surface area contributed by atoms with E-state index >= 15 is 0 Å². The van der Waals surface area contributed by atoms with Gasteiger partial charge in [0.1, 0.15) is 0 Å². The third kappa shape index (κ3) is 5.68. The molecule has 0 aliphatic carbocycles. The van der Waals surface area contributed by atoms with Crippen LogP contribution in [0.5, 0.6) is 0 Å². The molecule has 0 fully saturated rings. The molecule has 140 valence electrons. The van der Waals surface area contributed by atoms with Crippen LogP contribution in [-0.4, -0.2) is 33.2 Å². The summed E-state index contributed by atoms with van der Waals surface area (Å²) < 4.78 is 27.0. The van der Waals surface area contributed by atoms with Gasteiger partial charge in [-0.05, 0) is 37.0 Å². The van der Waals surface area contributed by atoms with Gasteiger partial charge >= 0.3 is 0 Å². The third-order valence-electron chi connectivity index (χ3n) is 4.25. The molecule has 0 bridgehead atoms. The summed E-state index contributed by atoms with van der Waals surface area (Å²) in [5.74, 6) is -0.0774. The quantitative estimate of drug-likeness (QED) is 0.773. The predicted octanol–water partition coefficient (Wildman–Crippen LogP) is 2.82. The first-order chi connectivity index (χ1) is 12.3. The molecular formula is C20H26N2O3S. The molecule has 0 radical (unpaired) electrons. The molecule has 0 atom stereocenters. The number of nitrogens with one attached hydrogen (secondary N) is 1. The Morgan fingerprint density at radius 1 is 1.00 bits per heavy atom. The Labute approximate surface area is 156 Å². The summed E-state index contributed by atoms with van der Waals surface area (Å²) in [5, 5.41) is 0. The number of rotatable bonds is 8. The number of hydrogen-bond donors (Lipinski definition) is 1. The highest BCUT2D eigenvalue weighted by Gasteiger charge is 2.17. The number of anilines is 1. The van der Waals surface area contributed by atoms with E-state index in [0.29, 0.717) is 13.0 Å². The smallest absolute Gasteiger partial charge is 0.223 e. The van der Waals surface area contributed by atoms with E-state index in [1.807, 2.05) is 62.4 Å². The molecule has 1 amide bonds. The first-order valence-electron chi connectivity index (χ1n) is 8.66. The normalized spacial score (nSPS) is 11.3. The Balaban J connectivity index is 1.96. The number of aryl methyl sites for hydroxylation is 3. The lowest BCUT2D eigenvalue weighted by Gasteiger charge is -2.25. The van der Waals surface area contributed by atoms with Crippen LogP contribution in [0, 0.1) is 13.8 Å². The highest BCUT2D eigenvalue weighted by atomic mass is 32.2. The standard InChI is InChI=1S/C20H26N2O3S/c1-16-8-7-9-17(2)20(16)22(18(3)23)14-13-21-26(24,25)15-12-19-10-5-4-6-11-19/h4-11,21H,12-15H2,1-3H3. The van der Waals surface area contributed by atoms with E-state index in [0.717, 1.165) is 22.4 Å². The molecule has 0 heterocycles. The number of hydrogen-bond acceptors (Lipinski definition) is 3. The van der Waals surface area contributed by atoms with E-state index in [4.69, 9.17) is 0 Å². The Hall–Kier alpha value is -2.18. The lowest BCUT2D eigenvalue weighted by atomic mass is 10.1. The molecule has 0 saturated carbocycles. The molecule has 0 spiro atoms. The number of amides is 1. The van der Waals surface area contributed by atoms with Crippen molar-refractivity contribution in [1.29, 1.82) is 0 Å². The van der Waals surface area contributed by atoms with Gasteiger partial charge in [-0.2, -0.15) is 0 Å². The zero-order chi connectivity index (χ0) is 19.2. The second-order valence-corrected chi connectivity index (χ2v) is 8.29. The fourth-order valence-electron chi connectivity index (χ4n) is 2.94. The number of carbonyl (C=O) groups excluding carboxylic acids is 1. The summed E-state index contributed by atoms with van der Waals surface area (Å²) in [5.41, 5.74) is 3.82. The van der Waals surface area contributed by atoms with Crippen molar-refractivity contribution in [2.24, 2.45) is 0 Å². The zero-order valence-electron chi connectivity index (χ0n) is 15.5. The van der Waals surface area contributed by atoms with Crippen molar-refractivity contribution in [1.82, 2.24) is 4.72 Å². The maximum atomic E-state index is 12.2. The Kier molecular flexibility index (Phi) is 6.94. The number of sulfonamides is 1. The van der Waals surface area contributed by atoms with Crippen molar-refractivity contribution in [3.63, 3.8) is 0 Å². The molecule has 0 aliphatic heterocycles. The first kappa shape index (κ1) is 20.1. The lowest BCUT2D eigenvalue weighted by Crippen LogP contribution is -2.39. The molecule has 6 heteroatoms. The SMILES string of the molecule is CC(=O)N(CCNS(=O)(=O)CCc1ccccc1)c1c(C)cccc1C. The highest BCUT2D eigenvalue weighted by molar-refractivity contribution is 7.89. The maximum absolute atomic E-state index is 12.2. The van der Waals surface area contributed by atoms with E-state index in [2.05, 4.69) is 4.72 Å². The van der Waals surface area contributed by atoms with Crippen LogP contribution in [0.3, 0.4) is 0 Å². The summed E-state index contributed by atoms with van der Waals surface area (Å²) >= 11 is 0. The minimum atomic E-state index is -3.39. The maximum Gasteiger partial charge on any atom is 0.223 e. The topological polar surface area (TPSA) is 66.5 Å². The van der Waals surface area contributed by atoms with Crippen LogP contribution in [-0.2, 0) is 21.2 Å². The van der Waals surface area contributed by atoms with Crippen molar-refractivity contribution in [2.45, 2.75) is 27.2 Å². The van der Waals surface area contributed by atoms with Crippen molar-refractivity contribution < 1.29 is 13.2 Å². The van der Waals surface area contributed by atoms with Gasteiger partial charge in [-0.25, -0.2) is 13.1 Å². The van der Waals surface area contributed by atoms with Crippen LogP contribution in [0.25, 0.3) is 0 Å². The minimum Gasteiger partial charge on any atom is -0.311 e. The lowest BCUT2D eigenvalue weighted by molar-refractivity contribution is -0.116. The summed E-state index contributed by atoms with van der Waals surface area (Å²) in [4.78, 5) is 13.7. The van der Waals surface area contributed by atoms with E-state index in [1.165, 1.54) is 6.92 Å². The highest BCUT2D eigenvalue weighted by Crippen LogP contribution is 2.24. The first-order valence-corrected chi connectivity index (χ1v) is 10.3. The summed E-state index contributed by atoms with van der Waals surface area (Å²) in [6.07, 6.45) is 0.462. The van der Waals surface area contributed by atoms with Gasteiger partial charge in [0.15, 0.2) is 0 Å². The Bertz CT molecular complexity index is 828. The Morgan fingerprint density at radius 3 is 2.19 bits per heavy atom. The van der Waals surface area contributed by atoms with E-state index in [9.17, 15) is 13.2 Å². The van der Waals surface area contributed by atoms with Gasteiger partial charge in [0, 0.05) is 25.7 Å². The number of para-hydroxylation sites is 1. The van der Waals surface area contributed by atoms with E-state index < -0.39 is 10.0 Å². The molecule has 0 saturated heterocycles. The van der Waals surface area contributed by atoms with Gasteiger partial charge in [-0.1, -0.05) is 48.5 Å². The van der Waals surface area contributed by atoms with Gasteiger partial charge in [-0.15, -0.1) is 0 Å². The number of benzene rings is 2. The minimum absolute atomic E-state index is 0.0283. The Morgan fingerprint density at radius 2 is 1.62 bits per heavy atom. The second kappa shape index (κ2) is 8.96. The molecule has 2 aromatic carbocycles. The molecule has 0 aromatic heterocycles. The monoisotopic (exact) mass is 374 g/mol. The van der Waals surface area contributed by atoms with Crippen LogP contribution < -0.4 is 9.62 Å². The molecule has 0 unspecified atom stereocenters. The molecule has 1 N–H and O–H groups in total. The van der Waals surface area contributed by atoms with Crippen molar-refractivity contribution in [3.05, 3.63) is 65.2 Å². The summed E-state index contributed by atoms with van der Waals surface area (Å²) in [7, 11) is -3.39. The van der Waals surface area contributed by atoms with E-state index in [-0.39, 0.29) is 18.2 Å². The van der Waals surface area contributed by atoms with Gasteiger partial charge in [0.05, 0.1) is 5.75 Å². The van der Waals surface area contributed by atoms with E-state index in [1.54, 1.807) is 4.90 Å². The van der Waals surface area contributed by atoms with Gasteiger partial charge in [-0.3, -0.25) is 4.79 Å². The third-order valence-corrected chi connectivity index (χ3v) is 5.63. The fourth-order valence-corrected chi connectivity index (χ4v) is 3.99. The van der Waals surface area contributed by atoms with Crippen LogP contribution in [0.4, 0.5) is 5.69 Å². The molecule has 2 rings (SSSR count). The predicted molar refractivity (Wildman–Crippen MR) is 106 cm³/mol. The van der Waals surface area contributed by atoms with Crippen LogP contribution >= 0.6 is 0 Å². The molecule has 2 aromatic rings.